The van der Waals surface area contributed by atoms with Crippen LogP contribution in [0.15, 0.2) is 77.6 Å². The molecule has 2 heterocycles. The Morgan fingerprint density at radius 3 is 2.46 bits per heavy atom. The molecule has 6 nitrogen and oxygen atoms in total. The second kappa shape index (κ2) is 7.34. The van der Waals surface area contributed by atoms with Gasteiger partial charge in [0.05, 0.1) is 11.0 Å². The first-order valence-electron chi connectivity index (χ1n) is 8.64. The lowest BCUT2D eigenvalue weighted by atomic mass is 10.2. The summed E-state index contributed by atoms with van der Waals surface area (Å²) in [6.45, 7) is 0.403. The number of fused-ring (bicyclic) bond motifs is 1. The monoisotopic (exact) mass is 392 g/mol. The standard InChI is InChI=1S/C21H17ClN4O2/c22-15-6-4-5-14(11-15)13-25-17-9-10-20(27)26(16-7-2-1-3-8-16)18(17)12-19(25)21(28)24-23/h1-12H,13,23H2,(H,24,28). The molecule has 7 heteroatoms. The smallest absolute Gasteiger partial charge is 0.281 e. The van der Waals surface area contributed by atoms with E-state index in [1.807, 2.05) is 53.1 Å². The molecule has 0 aliphatic rings. The van der Waals surface area contributed by atoms with E-state index in [1.54, 1.807) is 22.8 Å². The van der Waals surface area contributed by atoms with E-state index in [2.05, 4.69) is 5.43 Å². The number of nitrogen functional groups attached to an aromatic ring is 1. The number of hydrazine groups is 1. The molecule has 0 aliphatic carbocycles. The first kappa shape index (κ1) is 18.0. The SMILES string of the molecule is NNC(=O)c1cc2c(ccc(=O)n2-c2ccccc2)n1Cc1cccc(Cl)c1. The average molecular weight is 393 g/mol. The third-order valence-corrected chi connectivity index (χ3v) is 4.81. The van der Waals surface area contributed by atoms with E-state index in [-0.39, 0.29) is 5.56 Å². The van der Waals surface area contributed by atoms with Gasteiger partial charge in [0.1, 0.15) is 5.69 Å². The number of nitrogens with zero attached hydrogens (tertiary/aromatic N) is 2. The Balaban J connectivity index is 1.98. The molecule has 0 unspecified atom stereocenters. The van der Waals surface area contributed by atoms with E-state index >= 15 is 0 Å². The number of para-hydroxylation sites is 1. The van der Waals surface area contributed by atoms with Crippen molar-refractivity contribution in [2.45, 2.75) is 6.54 Å². The minimum Gasteiger partial charge on any atom is -0.331 e. The van der Waals surface area contributed by atoms with Crippen molar-refractivity contribution in [1.82, 2.24) is 14.6 Å². The lowest BCUT2D eigenvalue weighted by molar-refractivity contribution is 0.0945. The fourth-order valence-corrected chi connectivity index (χ4v) is 3.55. The highest BCUT2D eigenvalue weighted by Gasteiger charge is 2.18. The van der Waals surface area contributed by atoms with Crippen LogP contribution in [-0.2, 0) is 6.54 Å². The number of hydrogen-bond acceptors (Lipinski definition) is 3. The van der Waals surface area contributed by atoms with Crippen LogP contribution < -0.4 is 16.8 Å². The van der Waals surface area contributed by atoms with Crippen LogP contribution in [-0.4, -0.2) is 15.0 Å². The highest BCUT2D eigenvalue weighted by molar-refractivity contribution is 6.30. The third-order valence-electron chi connectivity index (χ3n) is 4.57. The summed E-state index contributed by atoms with van der Waals surface area (Å²) in [4.78, 5) is 25.0. The zero-order valence-electron chi connectivity index (χ0n) is 14.8. The Morgan fingerprint density at radius 2 is 1.75 bits per heavy atom. The molecular formula is C21H17ClN4O2. The number of amides is 1. The number of nitrogens with two attached hydrogens (primary N) is 1. The Labute approximate surface area is 165 Å². The molecule has 3 N–H and O–H groups in total. The number of carbonyl (C=O) groups excluding carboxylic acids is 1. The van der Waals surface area contributed by atoms with Gasteiger partial charge in [-0.15, -0.1) is 0 Å². The van der Waals surface area contributed by atoms with Gasteiger partial charge in [-0.05, 0) is 42.0 Å². The van der Waals surface area contributed by atoms with Crippen LogP contribution in [0.3, 0.4) is 0 Å². The first-order chi connectivity index (χ1) is 13.6. The van der Waals surface area contributed by atoms with Crippen molar-refractivity contribution >= 4 is 28.5 Å². The molecule has 0 atom stereocenters. The van der Waals surface area contributed by atoms with E-state index in [4.69, 9.17) is 17.4 Å². The van der Waals surface area contributed by atoms with Gasteiger partial charge in [0, 0.05) is 23.3 Å². The topological polar surface area (TPSA) is 82.1 Å². The predicted octanol–water partition coefficient (Wildman–Crippen LogP) is 3.10. The maximum Gasteiger partial charge on any atom is 0.281 e. The summed E-state index contributed by atoms with van der Waals surface area (Å²) < 4.78 is 3.40. The molecule has 0 fully saturated rings. The highest BCUT2D eigenvalue weighted by Crippen LogP contribution is 2.23. The predicted molar refractivity (Wildman–Crippen MR) is 110 cm³/mol. The largest absolute Gasteiger partial charge is 0.331 e. The van der Waals surface area contributed by atoms with Gasteiger partial charge in [0.15, 0.2) is 0 Å². The fourth-order valence-electron chi connectivity index (χ4n) is 3.34. The van der Waals surface area contributed by atoms with Crippen LogP contribution in [0.1, 0.15) is 16.1 Å². The van der Waals surface area contributed by atoms with Crippen LogP contribution >= 0.6 is 11.6 Å². The van der Waals surface area contributed by atoms with E-state index in [1.165, 1.54) is 6.07 Å². The van der Waals surface area contributed by atoms with E-state index in [0.717, 1.165) is 16.8 Å². The number of carbonyl (C=O) groups is 1. The quantitative estimate of drug-likeness (QED) is 0.318. The van der Waals surface area contributed by atoms with Crippen LogP contribution in [0, 0.1) is 0 Å². The second-order valence-corrected chi connectivity index (χ2v) is 6.77. The molecule has 0 bridgehead atoms. The highest BCUT2D eigenvalue weighted by atomic mass is 35.5. The van der Waals surface area contributed by atoms with Crippen LogP contribution in [0.5, 0.6) is 0 Å². The summed E-state index contributed by atoms with van der Waals surface area (Å²) >= 11 is 6.10. The Bertz CT molecular complexity index is 1230. The van der Waals surface area contributed by atoms with Crippen molar-refractivity contribution in [3.05, 3.63) is 99.4 Å². The molecule has 4 rings (SSSR count). The molecule has 0 aliphatic heterocycles. The lowest BCUT2D eigenvalue weighted by Crippen LogP contribution is -2.31. The summed E-state index contributed by atoms with van der Waals surface area (Å²) in [5.41, 5.74) is 5.36. The molecule has 28 heavy (non-hydrogen) atoms. The van der Waals surface area contributed by atoms with Gasteiger partial charge in [0.2, 0.25) is 0 Å². The van der Waals surface area contributed by atoms with Crippen molar-refractivity contribution < 1.29 is 4.79 Å². The summed E-state index contributed by atoms with van der Waals surface area (Å²) in [5.74, 6) is 4.95. The molecule has 0 saturated carbocycles. The molecular weight excluding hydrogens is 376 g/mol. The van der Waals surface area contributed by atoms with Gasteiger partial charge in [0.25, 0.3) is 11.5 Å². The maximum absolute atomic E-state index is 12.6. The van der Waals surface area contributed by atoms with Gasteiger partial charge in [-0.2, -0.15) is 0 Å². The number of benzene rings is 2. The van der Waals surface area contributed by atoms with Crippen molar-refractivity contribution in [2.75, 3.05) is 0 Å². The fraction of sp³-hybridized carbons (Fsp3) is 0.0476. The Kier molecular flexibility index (Phi) is 4.73. The molecule has 1 amide bonds. The summed E-state index contributed by atoms with van der Waals surface area (Å²) in [7, 11) is 0. The van der Waals surface area contributed by atoms with E-state index in [0.29, 0.717) is 22.8 Å². The van der Waals surface area contributed by atoms with Gasteiger partial charge < -0.3 is 4.57 Å². The van der Waals surface area contributed by atoms with Crippen molar-refractivity contribution in [3.63, 3.8) is 0 Å². The zero-order chi connectivity index (χ0) is 19.7. The molecule has 4 aromatic rings. The van der Waals surface area contributed by atoms with E-state index < -0.39 is 5.91 Å². The van der Waals surface area contributed by atoms with Gasteiger partial charge in [-0.25, -0.2) is 5.84 Å². The molecule has 2 aromatic heterocycles. The summed E-state index contributed by atoms with van der Waals surface area (Å²) in [5, 5.41) is 0.611. The average Bonchev–Trinajstić information content (AvgIpc) is 3.06. The first-order valence-corrected chi connectivity index (χ1v) is 9.02. The van der Waals surface area contributed by atoms with E-state index in [9.17, 15) is 9.59 Å². The molecule has 140 valence electrons. The summed E-state index contributed by atoms with van der Waals surface area (Å²) in [6, 6.07) is 21.6. The number of aromatic nitrogens is 2. The minimum absolute atomic E-state index is 0.182. The number of rotatable bonds is 4. The number of pyridine rings is 1. The van der Waals surface area contributed by atoms with Crippen molar-refractivity contribution in [1.29, 1.82) is 0 Å². The second-order valence-electron chi connectivity index (χ2n) is 6.33. The van der Waals surface area contributed by atoms with Crippen LogP contribution in [0.4, 0.5) is 0 Å². The maximum atomic E-state index is 12.6. The number of hydrogen-bond donors (Lipinski definition) is 2. The molecule has 0 radical (unpaired) electrons. The number of halogens is 1. The van der Waals surface area contributed by atoms with Crippen molar-refractivity contribution in [3.8, 4) is 5.69 Å². The summed E-state index contributed by atoms with van der Waals surface area (Å²) in [6.07, 6.45) is 0. The van der Waals surface area contributed by atoms with Crippen LogP contribution in [0.25, 0.3) is 16.7 Å². The minimum atomic E-state index is -0.440. The van der Waals surface area contributed by atoms with Gasteiger partial charge in [-0.3, -0.25) is 19.6 Å². The Morgan fingerprint density at radius 1 is 0.964 bits per heavy atom. The van der Waals surface area contributed by atoms with Crippen molar-refractivity contribution in [2.24, 2.45) is 5.84 Å². The third kappa shape index (κ3) is 3.19. The lowest BCUT2D eigenvalue weighted by Gasteiger charge is -2.11. The normalized spacial score (nSPS) is 10.9. The molecule has 0 spiro atoms. The molecule has 2 aromatic carbocycles. The zero-order valence-corrected chi connectivity index (χ0v) is 15.6. The Hall–Kier alpha value is -3.35. The van der Waals surface area contributed by atoms with Gasteiger partial charge >= 0.3 is 0 Å². The van der Waals surface area contributed by atoms with Gasteiger partial charge in [-0.1, -0.05) is 41.9 Å². The van der Waals surface area contributed by atoms with Crippen LogP contribution in [0.2, 0.25) is 5.02 Å². The number of nitrogens with one attached hydrogen (secondary N) is 1. The molecule has 0 saturated heterocycles.